The monoisotopic (exact) mass is 207 g/mol. The van der Waals surface area contributed by atoms with Gasteiger partial charge in [0.05, 0.1) is 0 Å². The molecule has 0 unspecified atom stereocenters. The van der Waals surface area contributed by atoms with Crippen LogP contribution in [0.15, 0.2) is 18.2 Å². The van der Waals surface area contributed by atoms with Crippen molar-refractivity contribution in [1.82, 2.24) is 0 Å². The van der Waals surface area contributed by atoms with E-state index in [-0.39, 0.29) is 17.2 Å². The maximum absolute atomic E-state index is 11.7. The first-order chi connectivity index (χ1) is 6.40. The molecule has 0 aliphatic heterocycles. The zero-order valence-electron chi connectivity index (χ0n) is 7.01. The van der Waals surface area contributed by atoms with Gasteiger partial charge in [-0.25, -0.2) is 0 Å². The minimum absolute atomic E-state index is 0.178. The Kier molecular flexibility index (Phi) is 2.73. The number of phenolic OH excluding ortho intramolecular Hbond substituents is 1. The molecule has 0 amide bonds. The van der Waals surface area contributed by atoms with Crippen molar-refractivity contribution in [3.63, 3.8) is 0 Å². The van der Waals surface area contributed by atoms with Crippen LogP contribution in [0.25, 0.3) is 0 Å². The maximum Gasteiger partial charge on any atom is 0.422 e. The quantitative estimate of drug-likeness (QED) is 0.575. The Hall–Kier alpha value is -1.59. The summed E-state index contributed by atoms with van der Waals surface area (Å²) in [5.41, 5.74) is 5.07. The van der Waals surface area contributed by atoms with E-state index in [1.807, 2.05) is 0 Å². The average Bonchev–Trinajstić information content (AvgIpc) is 2.06. The second-order valence-corrected chi connectivity index (χ2v) is 2.59. The third kappa shape index (κ3) is 2.72. The molecule has 1 aromatic carbocycles. The summed E-state index contributed by atoms with van der Waals surface area (Å²) in [5.74, 6) is -0.480. The van der Waals surface area contributed by atoms with Gasteiger partial charge in [0, 0.05) is 0 Å². The number of nitrogen functional groups attached to an aromatic ring is 1. The number of hydrogen-bond acceptors (Lipinski definition) is 3. The molecule has 14 heavy (non-hydrogen) atoms. The van der Waals surface area contributed by atoms with Crippen LogP contribution in [0.2, 0.25) is 0 Å². The first-order valence-corrected chi connectivity index (χ1v) is 3.67. The van der Waals surface area contributed by atoms with E-state index in [4.69, 9.17) is 10.8 Å². The second-order valence-electron chi connectivity index (χ2n) is 2.59. The summed E-state index contributed by atoms with van der Waals surface area (Å²) in [6.07, 6.45) is -4.42. The number of rotatable bonds is 2. The van der Waals surface area contributed by atoms with E-state index < -0.39 is 12.8 Å². The molecule has 0 spiro atoms. The van der Waals surface area contributed by atoms with Gasteiger partial charge in [-0.15, -0.1) is 0 Å². The largest absolute Gasteiger partial charge is 0.506 e. The lowest BCUT2D eigenvalue weighted by atomic mass is 10.3. The van der Waals surface area contributed by atoms with Crippen LogP contribution in [0.1, 0.15) is 0 Å². The highest BCUT2D eigenvalue weighted by Gasteiger charge is 2.28. The number of para-hydroxylation sites is 1. The fourth-order valence-electron chi connectivity index (χ4n) is 0.818. The minimum Gasteiger partial charge on any atom is -0.506 e. The Morgan fingerprint density at radius 1 is 1.36 bits per heavy atom. The summed E-state index contributed by atoms with van der Waals surface area (Å²) >= 11 is 0. The first kappa shape index (κ1) is 10.5. The molecule has 0 bridgehead atoms. The molecule has 0 aliphatic carbocycles. The fourth-order valence-corrected chi connectivity index (χ4v) is 0.818. The minimum atomic E-state index is -4.42. The van der Waals surface area contributed by atoms with Gasteiger partial charge in [-0.05, 0) is 12.1 Å². The Labute approximate surface area is 77.9 Å². The van der Waals surface area contributed by atoms with E-state index in [0.29, 0.717) is 0 Å². The topological polar surface area (TPSA) is 55.5 Å². The standard InChI is InChI=1S/C8H8F3NO2/c9-8(10,11)4-14-6-3-1-2-5(13)7(6)12/h1-3,13H,4,12H2. The molecule has 0 saturated heterocycles. The lowest BCUT2D eigenvalue weighted by molar-refractivity contribution is -0.153. The SMILES string of the molecule is Nc1c(O)cccc1OCC(F)(F)F. The summed E-state index contributed by atoms with van der Waals surface area (Å²) in [4.78, 5) is 0. The molecule has 0 aliphatic rings. The van der Waals surface area contributed by atoms with Crippen molar-refractivity contribution in [3.8, 4) is 11.5 Å². The Balaban J connectivity index is 2.73. The number of hydrogen-bond donors (Lipinski definition) is 2. The van der Waals surface area contributed by atoms with Crippen LogP contribution >= 0.6 is 0 Å². The van der Waals surface area contributed by atoms with E-state index >= 15 is 0 Å². The van der Waals surface area contributed by atoms with Gasteiger partial charge in [-0.2, -0.15) is 13.2 Å². The lowest BCUT2D eigenvalue weighted by Crippen LogP contribution is -2.19. The zero-order valence-corrected chi connectivity index (χ0v) is 7.01. The van der Waals surface area contributed by atoms with Crippen LogP contribution in [0, 0.1) is 0 Å². The van der Waals surface area contributed by atoms with E-state index in [2.05, 4.69) is 4.74 Å². The van der Waals surface area contributed by atoms with E-state index in [1.54, 1.807) is 0 Å². The summed E-state index contributed by atoms with van der Waals surface area (Å²) < 4.78 is 39.6. The molecule has 1 rings (SSSR count). The zero-order chi connectivity index (χ0) is 10.8. The highest BCUT2D eigenvalue weighted by atomic mass is 19.4. The second kappa shape index (κ2) is 3.65. The molecule has 6 heteroatoms. The van der Waals surface area contributed by atoms with Crippen molar-refractivity contribution in [1.29, 1.82) is 0 Å². The van der Waals surface area contributed by atoms with Crippen molar-refractivity contribution in [3.05, 3.63) is 18.2 Å². The van der Waals surface area contributed by atoms with Gasteiger partial charge < -0.3 is 15.6 Å². The van der Waals surface area contributed by atoms with Crippen LogP contribution in [0.5, 0.6) is 11.5 Å². The van der Waals surface area contributed by atoms with E-state index in [1.165, 1.54) is 18.2 Å². The van der Waals surface area contributed by atoms with Crippen LogP contribution < -0.4 is 10.5 Å². The number of benzene rings is 1. The summed E-state index contributed by atoms with van der Waals surface area (Å²) in [6.45, 7) is -1.43. The molecule has 0 aromatic heterocycles. The normalized spacial score (nSPS) is 11.4. The third-order valence-corrected chi connectivity index (χ3v) is 1.43. The average molecular weight is 207 g/mol. The predicted octanol–water partition coefficient (Wildman–Crippen LogP) is 1.92. The Morgan fingerprint density at radius 2 is 2.00 bits per heavy atom. The number of alkyl halides is 3. The Bertz CT molecular complexity index is 325. The van der Waals surface area contributed by atoms with Crippen molar-refractivity contribution in [2.75, 3.05) is 12.3 Å². The van der Waals surface area contributed by atoms with Crippen LogP contribution in [0.4, 0.5) is 18.9 Å². The third-order valence-electron chi connectivity index (χ3n) is 1.43. The smallest absolute Gasteiger partial charge is 0.422 e. The molecule has 0 atom stereocenters. The number of ether oxygens (including phenoxy) is 1. The van der Waals surface area contributed by atoms with Crippen molar-refractivity contribution in [2.24, 2.45) is 0 Å². The number of anilines is 1. The molecule has 1 aromatic rings. The van der Waals surface area contributed by atoms with E-state index in [9.17, 15) is 13.2 Å². The van der Waals surface area contributed by atoms with Crippen LogP contribution in [-0.4, -0.2) is 17.9 Å². The molecule has 0 radical (unpaired) electrons. The van der Waals surface area contributed by atoms with Gasteiger partial charge in [0.1, 0.15) is 17.2 Å². The number of phenols is 1. The number of nitrogens with two attached hydrogens (primary N) is 1. The summed E-state index contributed by atoms with van der Waals surface area (Å²) in [7, 11) is 0. The molecule has 0 heterocycles. The Morgan fingerprint density at radius 3 is 2.57 bits per heavy atom. The van der Waals surface area contributed by atoms with Crippen molar-refractivity contribution >= 4 is 5.69 Å². The molecule has 0 saturated carbocycles. The van der Waals surface area contributed by atoms with Crippen LogP contribution in [0.3, 0.4) is 0 Å². The molecule has 3 nitrogen and oxygen atoms in total. The highest BCUT2D eigenvalue weighted by Crippen LogP contribution is 2.31. The van der Waals surface area contributed by atoms with Gasteiger partial charge >= 0.3 is 6.18 Å². The van der Waals surface area contributed by atoms with Crippen LogP contribution in [-0.2, 0) is 0 Å². The van der Waals surface area contributed by atoms with E-state index in [0.717, 1.165) is 0 Å². The van der Waals surface area contributed by atoms with Crippen molar-refractivity contribution < 1.29 is 23.0 Å². The van der Waals surface area contributed by atoms with Crippen molar-refractivity contribution in [2.45, 2.75) is 6.18 Å². The highest BCUT2D eigenvalue weighted by molar-refractivity contribution is 5.61. The van der Waals surface area contributed by atoms with Gasteiger partial charge in [-0.1, -0.05) is 6.07 Å². The van der Waals surface area contributed by atoms with Gasteiger partial charge in [0.25, 0.3) is 0 Å². The molecule has 3 N–H and O–H groups in total. The van der Waals surface area contributed by atoms with Gasteiger partial charge in [0.15, 0.2) is 6.61 Å². The fraction of sp³-hybridized carbons (Fsp3) is 0.250. The predicted molar refractivity (Wildman–Crippen MR) is 44.1 cm³/mol. The van der Waals surface area contributed by atoms with Gasteiger partial charge in [-0.3, -0.25) is 0 Å². The molecule has 0 fully saturated rings. The maximum atomic E-state index is 11.7. The summed E-state index contributed by atoms with van der Waals surface area (Å²) in [5, 5.41) is 9.04. The number of halogens is 3. The number of aromatic hydroxyl groups is 1. The first-order valence-electron chi connectivity index (χ1n) is 3.67. The molecular weight excluding hydrogens is 199 g/mol. The molecular formula is C8H8F3NO2. The van der Waals surface area contributed by atoms with Gasteiger partial charge in [0.2, 0.25) is 0 Å². The molecule has 78 valence electrons. The summed E-state index contributed by atoms with van der Waals surface area (Å²) in [6, 6.07) is 3.86. The lowest BCUT2D eigenvalue weighted by Gasteiger charge is -2.11.